The van der Waals surface area contributed by atoms with Crippen LogP contribution in [0.2, 0.25) is 0 Å². The topological polar surface area (TPSA) is 414 Å². The molecule has 0 radical (unpaired) electrons. The third-order valence-electron chi connectivity index (χ3n) is 20.6. The number of esters is 1. The molecule has 9 fully saturated rings. The molecule has 6 aliphatic heterocycles. The molecule has 31 atom stereocenters. The maximum Gasteiger partial charge on any atom is 0.397 e. The fraction of sp³-hybridized carbons (Fsp3) is 0.907. The van der Waals surface area contributed by atoms with Crippen LogP contribution < -0.4 is 0 Å². The van der Waals surface area contributed by atoms with Gasteiger partial charge in [0.1, 0.15) is 110 Å². The molecule has 31 unspecified atom stereocenters. The summed E-state index contributed by atoms with van der Waals surface area (Å²) in [5.41, 5.74) is 0.167. The Balaban J connectivity index is 0.924. The van der Waals surface area contributed by atoms with E-state index in [2.05, 4.69) is 40.3 Å². The highest BCUT2D eigenvalue weighted by Crippen LogP contribution is 2.76. The predicted molar refractivity (Wildman–Crippen MR) is 274 cm³/mol. The number of fused-ring (bicyclic) bond motifs is 5. The van der Waals surface area contributed by atoms with Crippen molar-refractivity contribution >= 4 is 16.4 Å². The first-order chi connectivity index (χ1) is 39.0. The van der Waals surface area contributed by atoms with Gasteiger partial charge in [-0.3, -0.25) is 9.35 Å². The van der Waals surface area contributed by atoms with Gasteiger partial charge >= 0.3 is 16.4 Å². The number of methoxy groups -OCH3 is 1. The van der Waals surface area contributed by atoms with E-state index in [-0.39, 0.29) is 41.8 Å². The zero-order chi connectivity index (χ0) is 60.4. The molecule has 6 heterocycles. The molecule has 83 heavy (non-hydrogen) atoms. The van der Waals surface area contributed by atoms with Crippen molar-refractivity contribution in [3.8, 4) is 0 Å². The molecule has 12 N–H and O–H groups in total. The summed E-state index contributed by atoms with van der Waals surface area (Å²) in [5, 5.41) is 122. The van der Waals surface area contributed by atoms with Gasteiger partial charge in [0.25, 0.3) is 0 Å². The van der Waals surface area contributed by atoms with Crippen LogP contribution >= 0.6 is 0 Å². The van der Waals surface area contributed by atoms with Gasteiger partial charge in [-0.05, 0) is 75.0 Å². The molecule has 4 aliphatic carbocycles. The number of hydrogen-bond acceptors (Lipinski definition) is 27. The highest BCUT2D eigenvalue weighted by Gasteiger charge is 2.76. The van der Waals surface area contributed by atoms with Crippen LogP contribution in [0.5, 0.6) is 0 Å². The van der Waals surface area contributed by atoms with Crippen LogP contribution in [0.3, 0.4) is 0 Å². The van der Waals surface area contributed by atoms with Crippen LogP contribution in [0.15, 0.2) is 23.8 Å². The number of allylic oxidation sites excluding steroid dienone is 2. The first kappa shape index (κ1) is 63.9. The molecule has 0 aromatic carbocycles. The van der Waals surface area contributed by atoms with Gasteiger partial charge in [-0.2, -0.15) is 8.42 Å². The molecule has 474 valence electrons. The van der Waals surface area contributed by atoms with E-state index < -0.39 is 194 Å². The van der Waals surface area contributed by atoms with Crippen LogP contribution in [-0.4, -0.2) is 262 Å². The highest BCUT2D eigenvalue weighted by atomic mass is 32.3. The summed E-state index contributed by atoms with van der Waals surface area (Å²) >= 11 is 0. The van der Waals surface area contributed by atoms with Crippen molar-refractivity contribution in [2.24, 2.45) is 39.4 Å². The molecule has 2 bridgehead atoms. The minimum Gasteiger partial charge on any atom is -0.461 e. The van der Waals surface area contributed by atoms with E-state index in [4.69, 9.17) is 61.0 Å². The Bertz CT molecular complexity index is 2490. The van der Waals surface area contributed by atoms with Crippen molar-refractivity contribution < 1.29 is 135 Å². The van der Waals surface area contributed by atoms with E-state index in [0.29, 0.717) is 32.1 Å². The third-order valence-corrected chi connectivity index (χ3v) is 21.1. The highest BCUT2D eigenvalue weighted by molar-refractivity contribution is 7.80. The first-order valence-corrected chi connectivity index (χ1v) is 29.9. The number of hydrogen-bond donors (Lipinski definition) is 12. The SMILES string of the molecule is C=C(C)C1C2CC3(C)C4=CCC5C(C)(C)C(OC6OCC(OS(=O)(=O)O)C(O)C6OC6OC(C)C(OC7OC(CO)C(O)C(OC8OCC(O)C(OC)C8O)C7O)C(O)C6OC6OC(CO)C(O)C(O)C6O)CCC5(C)C4CCC13C(=O)O2. The maximum absolute atomic E-state index is 13.8. The molecular formula is C54H84O28S. The van der Waals surface area contributed by atoms with E-state index in [1.807, 2.05) is 6.92 Å². The zero-order valence-electron chi connectivity index (χ0n) is 47.3. The summed E-state index contributed by atoms with van der Waals surface area (Å²) in [5.74, 6) is -0.120. The van der Waals surface area contributed by atoms with E-state index in [1.165, 1.54) is 19.6 Å². The van der Waals surface area contributed by atoms with Crippen LogP contribution in [0, 0.1) is 39.4 Å². The largest absolute Gasteiger partial charge is 0.461 e. The summed E-state index contributed by atoms with van der Waals surface area (Å²) in [6.45, 7) is 13.5. The van der Waals surface area contributed by atoms with Gasteiger partial charge in [-0.15, -0.1) is 0 Å². The van der Waals surface area contributed by atoms with Crippen molar-refractivity contribution in [2.45, 2.75) is 234 Å². The Hall–Kier alpha value is -2.06. The molecule has 0 amide bonds. The molecule has 10 aliphatic rings. The second-order valence-electron chi connectivity index (χ2n) is 25.5. The Morgan fingerprint density at radius 2 is 1.29 bits per heavy atom. The molecule has 29 heteroatoms. The molecule has 0 aromatic rings. The van der Waals surface area contributed by atoms with E-state index in [1.54, 1.807) is 0 Å². The number of aliphatic hydroxyl groups is 11. The number of ether oxygens (including phenoxy) is 12. The van der Waals surface area contributed by atoms with Gasteiger partial charge in [0.2, 0.25) is 0 Å². The molecule has 6 saturated heterocycles. The summed E-state index contributed by atoms with van der Waals surface area (Å²) < 4.78 is 111. The Morgan fingerprint density at radius 1 is 0.687 bits per heavy atom. The van der Waals surface area contributed by atoms with Gasteiger partial charge < -0.3 is 113 Å². The second kappa shape index (κ2) is 23.7. The van der Waals surface area contributed by atoms with E-state index in [9.17, 15) is 73.9 Å². The van der Waals surface area contributed by atoms with Crippen molar-refractivity contribution in [2.75, 3.05) is 33.5 Å². The fourth-order valence-electron chi connectivity index (χ4n) is 16.4. The summed E-state index contributed by atoms with van der Waals surface area (Å²) in [7, 11) is -4.04. The van der Waals surface area contributed by atoms with Crippen LogP contribution in [0.25, 0.3) is 0 Å². The second-order valence-corrected chi connectivity index (χ2v) is 26.6. The van der Waals surface area contributed by atoms with Crippen LogP contribution in [0.4, 0.5) is 0 Å². The van der Waals surface area contributed by atoms with Gasteiger partial charge in [-0.1, -0.05) is 51.5 Å². The van der Waals surface area contributed by atoms with Crippen LogP contribution in [0.1, 0.15) is 80.1 Å². The monoisotopic (exact) mass is 1210 g/mol. The average molecular weight is 1210 g/mol. The van der Waals surface area contributed by atoms with Gasteiger partial charge in [0.15, 0.2) is 31.5 Å². The number of carbonyl (C=O) groups excluding carboxylic acids is 1. The number of rotatable bonds is 16. The van der Waals surface area contributed by atoms with Crippen molar-refractivity contribution in [3.63, 3.8) is 0 Å². The minimum atomic E-state index is -5.26. The Labute approximate surface area is 480 Å². The van der Waals surface area contributed by atoms with E-state index >= 15 is 0 Å². The number of carbonyl (C=O) groups is 1. The summed E-state index contributed by atoms with van der Waals surface area (Å²) in [4.78, 5) is 13.8. The van der Waals surface area contributed by atoms with Gasteiger partial charge in [0.05, 0.1) is 44.1 Å². The molecule has 1 spiro atoms. The van der Waals surface area contributed by atoms with Crippen molar-refractivity contribution in [1.29, 1.82) is 0 Å². The zero-order valence-corrected chi connectivity index (χ0v) is 48.1. The lowest BCUT2D eigenvalue weighted by Crippen LogP contribution is -2.68. The van der Waals surface area contributed by atoms with Crippen LogP contribution in [-0.2, 0) is 76.2 Å². The minimum absolute atomic E-state index is 0.00861. The summed E-state index contributed by atoms with van der Waals surface area (Å²) in [6.07, 6.45) is -35.4. The summed E-state index contributed by atoms with van der Waals surface area (Å²) in [6, 6.07) is 0. The molecule has 28 nitrogen and oxygen atoms in total. The van der Waals surface area contributed by atoms with Gasteiger partial charge in [-0.25, -0.2) is 4.18 Å². The van der Waals surface area contributed by atoms with Crippen molar-refractivity contribution in [1.82, 2.24) is 0 Å². The Morgan fingerprint density at radius 3 is 1.94 bits per heavy atom. The lowest BCUT2D eigenvalue weighted by Gasteiger charge is -2.64. The lowest BCUT2D eigenvalue weighted by molar-refractivity contribution is -0.405. The predicted octanol–water partition coefficient (Wildman–Crippen LogP) is -3.05. The average Bonchev–Trinajstić information content (AvgIpc) is 1.89. The lowest BCUT2D eigenvalue weighted by atomic mass is 9.40. The molecule has 10 rings (SSSR count). The maximum atomic E-state index is 13.8. The molecule has 3 saturated carbocycles. The standard InChI is InChI=1S/C54H84O28S/c1-20(2)31-25-15-53(7)23-9-10-29-51(4,5)30(12-13-52(29,6)22(23)11-14-54(31,53)50(66)76-25)77-48-43(34(60)28(19-72-48)82-83(67,68)69)81-49-44(80-46-36(62)35(61)32(58)26(16-55)74-46)37(63)40(21(3)73-49)78-47-39(65)42(33(59)27(17-56)75-47)79-45-38(64)41(70-8)24(57)18-71-45/h9,21-22,24-49,55-65H,1,10-19H2,2-8H3,(H,67,68,69). The molecular weight excluding hydrogens is 1130 g/mol. The fourth-order valence-corrected chi connectivity index (χ4v) is 16.9. The first-order valence-electron chi connectivity index (χ1n) is 28.5. The van der Waals surface area contributed by atoms with Gasteiger partial charge in [0, 0.05) is 18.4 Å². The molecule has 0 aromatic heterocycles. The van der Waals surface area contributed by atoms with Crippen molar-refractivity contribution in [3.05, 3.63) is 23.8 Å². The smallest absolute Gasteiger partial charge is 0.397 e. The normalized spacial score (nSPS) is 52.4. The number of aliphatic hydroxyl groups excluding tert-OH is 11. The van der Waals surface area contributed by atoms with E-state index in [0.717, 1.165) is 12.0 Å². The quantitative estimate of drug-likeness (QED) is 0.0415. The third kappa shape index (κ3) is 10.8. The Kier molecular flexibility index (Phi) is 18.3.